The van der Waals surface area contributed by atoms with Crippen molar-refractivity contribution in [3.05, 3.63) is 24.0 Å². The summed E-state index contributed by atoms with van der Waals surface area (Å²) < 4.78 is 24.6. The normalized spacial score (nSPS) is 11.2. The van der Waals surface area contributed by atoms with E-state index < -0.39 is 15.9 Å². The molecule has 0 aliphatic carbocycles. The molecule has 0 fully saturated rings. The fourth-order valence-electron chi connectivity index (χ4n) is 0.818. The van der Waals surface area contributed by atoms with Gasteiger partial charge in [-0.1, -0.05) is 0 Å². The maximum Gasteiger partial charge on any atom is 0.250 e. The molecule has 1 amide bonds. The molecule has 3 N–H and O–H groups in total. The van der Waals surface area contributed by atoms with Gasteiger partial charge in [0.2, 0.25) is 15.9 Å². The Balaban J connectivity index is 3.26. The summed E-state index contributed by atoms with van der Waals surface area (Å²) in [6.45, 7) is 0. The Morgan fingerprint density at radius 1 is 1.50 bits per heavy atom. The van der Waals surface area contributed by atoms with E-state index in [9.17, 15) is 13.2 Å². The molecule has 1 rings (SSSR count). The number of amides is 1. The third-order valence-corrected chi connectivity index (χ3v) is 2.96. The van der Waals surface area contributed by atoms with Crippen LogP contribution < -0.4 is 10.5 Å². The van der Waals surface area contributed by atoms with Gasteiger partial charge in [0, 0.05) is 12.4 Å². The Kier molecular flexibility index (Phi) is 2.82. The number of aromatic nitrogens is 1. The Labute approximate surface area is 81.2 Å². The smallest absolute Gasteiger partial charge is 0.250 e. The van der Waals surface area contributed by atoms with Crippen LogP contribution >= 0.6 is 0 Å². The number of nitrogens with two attached hydrogens (primary N) is 1. The molecular weight excluding hydrogens is 206 g/mol. The average Bonchev–Trinajstić information content (AvgIpc) is 2.18. The number of nitrogens with zero attached hydrogens (tertiary/aromatic N) is 1. The summed E-state index contributed by atoms with van der Waals surface area (Å²) in [6, 6.07) is 1.17. The third kappa shape index (κ3) is 2.06. The van der Waals surface area contributed by atoms with Crippen molar-refractivity contribution in [3.8, 4) is 0 Å². The van der Waals surface area contributed by atoms with Crippen molar-refractivity contribution in [2.75, 3.05) is 7.05 Å². The number of hydrogen-bond acceptors (Lipinski definition) is 4. The Bertz CT molecular complexity index is 455. The number of primary amides is 1. The number of carbonyl (C=O) groups excluding carboxylic acids is 1. The molecule has 14 heavy (non-hydrogen) atoms. The minimum atomic E-state index is -3.57. The van der Waals surface area contributed by atoms with Crippen molar-refractivity contribution in [2.45, 2.75) is 4.90 Å². The van der Waals surface area contributed by atoms with Gasteiger partial charge >= 0.3 is 0 Å². The van der Waals surface area contributed by atoms with Crippen LogP contribution in [0.4, 0.5) is 0 Å². The van der Waals surface area contributed by atoms with E-state index in [2.05, 4.69) is 9.71 Å². The molecule has 0 atom stereocenters. The SMILES string of the molecule is CNS(=O)(=O)c1cncc(C(N)=O)c1. The molecule has 0 bridgehead atoms. The highest BCUT2D eigenvalue weighted by Crippen LogP contribution is 2.08. The summed E-state index contributed by atoms with van der Waals surface area (Å²) >= 11 is 0. The van der Waals surface area contributed by atoms with Gasteiger partial charge in [-0.15, -0.1) is 0 Å². The zero-order valence-corrected chi connectivity index (χ0v) is 8.21. The Morgan fingerprint density at radius 2 is 2.14 bits per heavy atom. The van der Waals surface area contributed by atoms with E-state index in [-0.39, 0.29) is 10.5 Å². The lowest BCUT2D eigenvalue weighted by atomic mass is 10.3. The van der Waals surface area contributed by atoms with Crippen LogP contribution in [0, 0.1) is 0 Å². The van der Waals surface area contributed by atoms with E-state index in [1.807, 2.05) is 0 Å². The van der Waals surface area contributed by atoms with Crippen molar-refractivity contribution < 1.29 is 13.2 Å². The second-order valence-electron chi connectivity index (χ2n) is 2.48. The van der Waals surface area contributed by atoms with Crippen molar-refractivity contribution in [3.63, 3.8) is 0 Å². The Hall–Kier alpha value is -1.47. The first-order valence-corrected chi connectivity index (χ1v) is 5.14. The highest BCUT2D eigenvalue weighted by atomic mass is 32.2. The Morgan fingerprint density at radius 3 is 2.64 bits per heavy atom. The molecule has 0 unspecified atom stereocenters. The summed E-state index contributed by atoms with van der Waals surface area (Å²) in [6.07, 6.45) is 2.34. The zero-order valence-electron chi connectivity index (χ0n) is 7.39. The molecule has 7 heteroatoms. The van der Waals surface area contributed by atoms with E-state index in [4.69, 9.17) is 5.73 Å². The van der Waals surface area contributed by atoms with Crippen LogP contribution in [0.5, 0.6) is 0 Å². The van der Waals surface area contributed by atoms with Gasteiger partial charge in [0.25, 0.3) is 0 Å². The molecule has 76 valence electrons. The average molecular weight is 215 g/mol. The van der Waals surface area contributed by atoms with Crippen LogP contribution in [0.25, 0.3) is 0 Å². The molecule has 0 aromatic carbocycles. The lowest BCUT2D eigenvalue weighted by molar-refractivity contribution is 0.0999. The molecule has 1 aromatic rings. The van der Waals surface area contributed by atoms with Crippen molar-refractivity contribution in [1.82, 2.24) is 9.71 Å². The molecule has 6 nitrogen and oxygen atoms in total. The van der Waals surface area contributed by atoms with E-state index in [1.54, 1.807) is 0 Å². The quantitative estimate of drug-likeness (QED) is 0.681. The van der Waals surface area contributed by atoms with Crippen LogP contribution in [0.15, 0.2) is 23.4 Å². The van der Waals surface area contributed by atoms with Gasteiger partial charge in [0.1, 0.15) is 4.90 Å². The van der Waals surface area contributed by atoms with E-state index >= 15 is 0 Å². The summed E-state index contributed by atoms with van der Waals surface area (Å²) in [5, 5.41) is 0. The number of rotatable bonds is 3. The van der Waals surface area contributed by atoms with Crippen molar-refractivity contribution >= 4 is 15.9 Å². The van der Waals surface area contributed by atoms with Crippen LogP contribution in [0.1, 0.15) is 10.4 Å². The fourth-order valence-corrected chi connectivity index (χ4v) is 1.54. The van der Waals surface area contributed by atoms with Gasteiger partial charge in [-0.05, 0) is 13.1 Å². The third-order valence-electron chi connectivity index (χ3n) is 1.58. The first-order valence-electron chi connectivity index (χ1n) is 3.66. The molecule has 0 aliphatic rings. The molecule has 1 heterocycles. The minimum Gasteiger partial charge on any atom is -0.366 e. The maximum atomic E-state index is 11.3. The van der Waals surface area contributed by atoms with Gasteiger partial charge in [-0.3, -0.25) is 9.78 Å². The second kappa shape index (κ2) is 3.72. The van der Waals surface area contributed by atoms with Crippen LogP contribution in [-0.4, -0.2) is 26.4 Å². The lowest BCUT2D eigenvalue weighted by Crippen LogP contribution is -2.20. The van der Waals surface area contributed by atoms with Crippen molar-refractivity contribution in [2.24, 2.45) is 5.73 Å². The van der Waals surface area contributed by atoms with Gasteiger partial charge in [0.05, 0.1) is 5.56 Å². The number of carbonyl (C=O) groups is 1. The van der Waals surface area contributed by atoms with E-state index in [0.29, 0.717) is 0 Å². The predicted molar refractivity (Wildman–Crippen MR) is 49.0 cm³/mol. The molecule has 0 radical (unpaired) electrons. The van der Waals surface area contributed by atoms with Gasteiger partial charge in [-0.2, -0.15) is 0 Å². The number of pyridine rings is 1. The summed E-state index contributed by atoms with van der Waals surface area (Å²) in [4.78, 5) is 14.2. The number of nitrogens with one attached hydrogen (secondary N) is 1. The van der Waals surface area contributed by atoms with Gasteiger partial charge in [-0.25, -0.2) is 13.1 Å². The maximum absolute atomic E-state index is 11.3. The predicted octanol–water partition coefficient (Wildman–Crippen LogP) is -0.911. The van der Waals surface area contributed by atoms with Gasteiger partial charge in [0.15, 0.2) is 0 Å². The zero-order chi connectivity index (χ0) is 10.8. The molecular formula is C7H9N3O3S. The molecule has 0 saturated carbocycles. The summed E-state index contributed by atoms with van der Waals surface area (Å²) in [5.74, 6) is -0.717. The molecule has 1 aromatic heterocycles. The number of sulfonamides is 1. The molecule has 0 aliphatic heterocycles. The first kappa shape index (κ1) is 10.6. The van der Waals surface area contributed by atoms with Crippen LogP contribution in [0.2, 0.25) is 0 Å². The standard InChI is InChI=1S/C7H9N3O3S/c1-9-14(12,13)6-2-5(7(8)11)3-10-4-6/h2-4,9H,1H3,(H2,8,11). The fraction of sp³-hybridized carbons (Fsp3) is 0.143. The van der Waals surface area contributed by atoms with Gasteiger partial charge < -0.3 is 5.73 Å². The van der Waals surface area contributed by atoms with E-state index in [1.165, 1.54) is 19.3 Å². The highest BCUT2D eigenvalue weighted by molar-refractivity contribution is 7.89. The largest absolute Gasteiger partial charge is 0.366 e. The van der Waals surface area contributed by atoms with Crippen LogP contribution in [0.3, 0.4) is 0 Å². The highest BCUT2D eigenvalue weighted by Gasteiger charge is 2.13. The van der Waals surface area contributed by atoms with Crippen LogP contribution in [-0.2, 0) is 10.0 Å². The first-order chi connectivity index (χ1) is 6.47. The second-order valence-corrected chi connectivity index (χ2v) is 4.37. The van der Waals surface area contributed by atoms with Crippen molar-refractivity contribution in [1.29, 1.82) is 0 Å². The molecule has 0 spiro atoms. The molecule has 0 saturated heterocycles. The number of hydrogen-bond donors (Lipinski definition) is 2. The monoisotopic (exact) mass is 215 g/mol. The van der Waals surface area contributed by atoms with E-state index in [0.717, 1.165) is 6.20 Å². The lowest BCUT2D eigenvalue weighted by Gasteiger charge is -2.02. The minimum absolute atomic E-state index is 0.0568. The summed E-state index contributed by atoms with van der Waals surface area (Å²) in [7, 11) is -2.30. The summed E-state index contributed by atoms with van der Waals surface area (Å²) in [5.41, 5.74) is 5.03. The topological polar surface area (TPSA) is 102 Å².